The Kier molecular flexibility index (Phi) is 5.97. The van der Waals surface area contributed by atoms with E-state index in [1.807, 2.05) is 20.8 Å². The summed E-state index contributed by atoms with van der Waals surface area (Å²) >= 11 is 0. The van der Waals surface area contributed by atoms with Gasteiger partial charge in [0.15, 0.2) is 0 Å². The van der Waals surface area contributed by atoms with E-state index in [0.29, 0.717) is 19.6 Å². The minimum absolute atomic E-state index is 0.127. The van der Waals surface area contributed by atoms with Crippen molar-refractivity contribution in [2.24, 2.45) is 17.1 Å². The molecule has 0 fully saturated rings. The first kappa shape index (κ1) is 17.7. The maximum absolute atomic E-state index is 12.5. The molecule has 3 heteroatoms. The smallest absolute Gasteiger partial charge is 0.313 e. The van der Waals surface area contributed by atoms with Crippen molar-refractivity contribution in [2.45, 2.75) is 48.0 Å². The van der Waals surface area contributed by atoms with E-state index >= 15 is 0 Å². The molecule has 0 aliphatic carbocycles. The predicted molar refractivity (Wildman–Crippen MR) is 87.3 cm³/mol. The zero-order chi connectivity index (χ0) is 16.2. The molecule has 0 aromatic heterocycles. The van der Waals surface area contributed by atoms with Crippen molar-refractivity contribution in [3.8, 4) is 0 Å². The zero-order valence-corrected chi connectivity index (χ0v) is 14.2. The van der Waals surface area contributed by atoms with E-state index in [0.717, 1.165) is 0 Å². The third kappa shape index (κ3) is 3.65. The molecule has 2 N–H and O–H groups in total. The summed E-state index contributed by atoms with van der Waals surface area (Å²) in [6.07, 6.45) is 0.637. The highest BCUT2D eigenvalue weighted by molar-refractivity contribution is 5.78. The molecule has 118 valence electrons. The van der Waals surface area contributed by atoms with Crippen LogP contribution in [-0.2, 0) is 16.0 Å². The van der Waals surface area contributed by atoms with E-state index in [2.05, 4.69) is 32.9 Å². The molecule has 1 unspecified atom stereocenters. The molecule has 1 rings (SSSR count). The molecule has 0 aliphatic rings. The van der Waals surface area contributed by atoms with Gasteiger partial charge in [0.2, 0.25) is 0 Å². The van der Waals surface area contributed by atoms with E-state index in [-0.39, 0.29) is 11.9 Å². The molecule has 21 heavy (non-hydrogen) atoms. The van der Waals surface area contributed by atoms with E-state index in [1.165, 1.54) is 22.3 Å². The van der Waals surface area contributed by atoms with Crippen LogP contribution in [0.25, 0.3) is 0 Å². The van der Waals surface area contributed by atoms with Crippen LogP contribution in [-0.4, -0.2) is 19.1 Å². The van der Waals surface area contributed by atoms with Gasteiger partial charge in [-0.05, 0) is 56.7 Å². The SMILES string of the molecule is CCOC(=O)C(CN)(Cc1c(C)cc(C)cc1C)C(C)C. The van der Waals surface area contributed by atoms with Crippen LogP contribution >= 0.6 is 0 Å². The molecule has 3 nitrogen and oxygen atoms in total. The highest BCUT2D eigenvalue weighted by Crippen LogP contribution is 2.35. The quantitative estimate of drug-likeness (QED) is 0.818. The first-order valence-electron chi connectivity index (χ1n) is 7.72. The van der Waals surface area contributed by atoms with E-state index in [1.54, 1.807) is 0 Å². The second-order valence-electron chi connectivity index (χ2n) is 6.29. The maximum Gasteiger partial charge on any atom is 0.313 e. The number of carbonyl (C=O) groups excluding carboxylic acids is 1. The second kappa shape index (κ2) is 7.08. The number of carbonyl (C=O) groups is 1. The van der Waals surface area contributed by atoms with Crippen LogP contribution in [0.2, 0.25) is 0 Å². The number of ether oxygens (including phenoxy) is 1. The van der Waals surface area contributed by atoms with E-state index in [4.69, 9.17) is 10.5 Å². The number of benzene rings is 1. The lowest BCUT2D eigenvalue weighted by Crippen LogP contribution is -2.46. The standard InChI is InChI=1S/C18H29NO2/c1-7-21-17(20)18(11-19,12(2)3)10-16-14(5)8-13(4)9-15(16)6/h8-9,12H,7,10-11,19H2,1-6H3. The number of aryl methyl sites for hydroxylation is 3. The molecule has 0 spiro atoms. The summed E-state index contributed by atoms with van der Waals surface area (Å²) in [5.41, 5.74) is 10.3. The van der Waals surface area contributed by atoms with Crippen LogP contribution in [0, 0.1) is 32.1 Å². The Hall–Kier alpha value is -1.35. The summed E-state index contributed by atoms with van der Waals surface area (Å²) in [6, 6.07) is 4.32. The van der Waals surface area contributed by atoms with Crippen molar-refractivity contribution in [3.63, 3.8) is 0 Å². The number of esters is 1. The van der Waals surface area contributed by atoms with Gasteiger partial charge in [0.25, 0.3) is 0 Å². The first-order valence-corrected chi connectivity index (χ1v) is 7.72. The second-order valence-corrected chi connectivity index (χ2v) is 6.29. The fraction of sp³-hybridized carbons (Fsp3) is 0.611. The highest BCUT2D eigenvalue weighted by atomic mass is 16.5. The van der Waals surface area contributed by atoms with Gasteiger partial charge in [-0.3, -0.25) is 4.79 Å². The third-order valence-electron chi connectivity index (χ3n) is 4.48. The van der Waals surface area contributed by atoms with Gasteiger partial charge in [-0.25, -0.2) is 0 Å². The molecule has 0 aliphatic heterocycles. The van der Waals surface area contributed by atoms with E-state index in [9.17, 15) is 4.79 Å². The highest BCUT2D eigenvalue weighted by Gasteiger charge is 2.42. The van der Waals surface area contributed by atoms with E-state index < -0.39 is 5.41 Å². The lowest BCUT2D eigenvalue weighted by atomic mass is 9.71. The van der Waals surface area contributed by atoms with Gasteiger partial charge in [-0.15, -0.1) is 0 Å². The summed E-state index contributed by atoms with van der Waals surface area (Å²) < 4.78 is 5.32. The Bertz CT molecular complexity index is 485. The molecule has 0 saturated carbocycles. The van der Waals surface area contributed by atoms with Crippen LogP contribution in [0.3, 0.4) is 0 Å². The Morgan fingerprint density at radius 1 is 1.24 bits per heavy atom. The van der Waals surface area contributed by atoms with Gasteiger partial charge < -0.3 is 10.5 Å². The normalized spacial score (nSPS) is 14.1. The summed E-state index contributed by atoms with van der Waals surface area (Å²) in [7, 11) is 0. The van der Waals surface area contributed by atoms with Crippen molar-refractivity contribution >= 4 is 5.97 Å². The average Bonchev–Trinajstić information content (AvgIpc) is 2.38. The topological polar surface area (TPSA) is 52.3 Å². The minimum atomic E-state index is -0.652. The Labute approximate surface area is 128 Å². The molecule has 0 heterocycles. The fourth-order valence-electron chi connectivity index (χ4n) is 2.98. The Balaban J connectivity index is 3.28. The molecule has 0 saturated heterocycles. The number of hydrogen-bond donors (Lipinski definition) is 1. The average molecular weight is 291 g/mol. The fourth-order valence-corrected chi connectivity index (χ4v) is 2.98. The number of nitrogens with two attached hydrogens (primary N) is 1. The Morgan fingerprint density at radius 3 is 2.14 bits per heavy atom. The third-order valence-corrected chi connectivity index (χ3v) is 4.48. The summed E-state index contributed by atoms with van der Waals surface area (Å²) in [6.45, 7) is 12.9. The minimum Gasteiger partial charge on any atom is -0.466 e. The van der Waals surface area contributed by atoms with Gasteiger partial charge in [0.1, 0.15) is 0 Å². The van der Waals surface area contributed by atoms with Gasteiger partial charge >= 0.3 is 5.97 Å². The number of hydrogen-bond acceptors (Lipinski definition) is 3. The molecule has 1 aromatic carbocycles. The molecule has 0 amide bonds. The largest absolute Gasteiger partial charge is 0.466 e. The summed E-state index contributed by atoms with van der Waals surface area (Å²) in [5.74, 6) is -0.0523. The molecule has 1 atom stereocenters. The van der Waals surface area contributed by atoms with Crippen molar-refractivity contribution in [3.05, 3.63) is 34.4 Å². The van der Waals surface area contributed by atoms with Gasteiger partial charge in [0, 0.05) is 6.54 Å². The lowest BCUT2D eigenvalue weighted by molar-refractivity contribution is -0.157. The van der Waals surface area contributed by atoms with Crippen molar-refractivity contribution in [1.82, 2.24) is 0 Å². The molecule has 0 radical (unpaired) electrons. The van der Waals surface area contributed by atoms with Crippen molar-refractivity contribution in [2.75, 3.05) is 13.2 Å². The maximum atomic E-state index is 12.5. The molecule has 0 bridgehead atoms. The predicted octanol–water partition coefficient (Wildman–Crippen LogP) is 3.32. The van der Waals surface area contributed by atoms with Crippen LogP contribution in [0.15, 0.2) is 12.1 Å². The molecular weight excluding hydrogens is 262 g/mol. The van der Waals surface area contributed by atoms with Crippen LogP contribution in [0.4, 0.5) is 0 Å². The number of rotatable bonds is 6. The lowest BCUT2D eigenvalue weighted by Gasteiger charge is -2.35. The van der Waals surface area contributed by atoms with Crippen LogP contribution < -0.4 is 5.73 Å². The monoisotopic (exact) mass is 291 g/mol. The first-order chi connectivity index (χ1) is 9.78. The van der Waals surface area contributed by atoms with Gasteiger partial charge in [-0.1, -0.05) is 31.5 Å². The van der Waals surface area contributed by atoms with Crippen molar-refractivity contribution < 1.29 is 9.53 Å². The summed E-state index contributed by atoms with van der Waals surface area (Å²) in [4.78, 5) is 12.5. The molecule has 1 aromatic rings. The summed E-state index contributed by atoms with van der Waals surface area (Å²) in [5, 5.41) is 0. The molecular formula is C18H29NO2. The van der Waals surface area contributed by atoms with Crippen LogP contribution in [0.1, 0.15) is 43.0 Å². The zero-order valence-electron chi connectivity index (χ0n) is 14.2. The van der Waals surface area contributed by atoms with Crippen molar-refractivity contribution in [1.29, 1.82) is 0 Å². The Morgan fingerprint density at radius 2 is 1.76 bits per heavy atom. The van der Waals surface area contributed by atoms with Gasteiger partial charge in [-0.2, -0.15) is 0 Å². The van der Waals surface area contributed by atoms with Gasteiger partial charge in [0.05, 0.1) is 12.0 Å². The van der Waals surface area contributed by atoms with Crippen LogP contribution in [0.5, 0.6) is 0 Å².